The van der Waals surface area contributed by atoms with Crippen LogP contribution < -0.4 is 23.7 Å². The van der Waals surface area contributed by atoms with Gasteiger partial charge in [0.1, 0.15) is 6.61 Å². The summed E-state index contributed by atoms with van der Waals surface area (Å²) in [7, 11) is 4.71. The van der Waals surface area contributed by atoms with Gasteiger partial charge in [-0.25, -0.2) is 4.79 Å². The summed E-state index contributed by atoms with van der Waals surface area (Å²) in [5.74, 6) is 1.55. The third-order valence-corrected chi connectivity index (χ3v) is 5.92. The van der Waals surface area contributed by atoms with E-state index < -0.39 is 5.79 Å². The molecule has 7 nitrogen and oxygen atoms in total. The smallest absolute Gasteiger partial charge is 0.335 e. The highest BCUT2D eigenvalue weighted by atomic mass is 16.7. The largest absolute Gasteiger partial charge is 0.493 e. The summed E-state index contributed by atoms with van der Waals surface area (Å²) >= 11 is 0. The fourth-order valence-corrected chi connectivity index (χ4v) is 4.67. The summed E-state index contributed by atoms with van der Waals surface area (Å²) in [6.45, 7) is 4.05. The van der Waals surface area contributed by atoms with E-state index in [4.69, 9.17) is 28.4 Å². The van der Waals surface area contributed by atoms with E-state index in [2.05, 4.69) is 0 Å². The van der Waals surface area contributed by atoms with Crippen LogP contribution in [-0.2, 0) is 16.0 Å². The third-order valence-electron chi connectivity index (χ3n) is 5.92. The monoisotopic (exact) mass is 424 g/mol. The van der Waals surface area contributed by atoms with Crippen molar-refractivity contribution in [2.45, 2.75) is 32.0 Å². The molecule has 2 aromatic carbocycles. The number of carbonyl (C=O) groups excluding carboxylic acids is 1. The maximum absolute atomic E-state index is 12.7. The fourth-order valence-electron chi connectivity index (χ4n) is 4.67. The van der Waals surface area contributed by atoms with Crippen LogP contribution in [0.15, 0.2) is 35.4 Å². The Balaban J connectivity index is 1.72. The Morgan fingerprint density at radius 1 is 0.935 bits per heavy atom. The van der Waals surface area contributed by atoms with Crippen LogP contribution in [0.25, 0.3) is 0 Å². The van der Waals surface area contributed by atoms with Gasteiger partial charge in [-0.1, -0.05) is 0 Å². The first-order valence-corrected chi connectivity index (χ1v) is 10.1. The zero-order chi connectivity index (χ0) is 21.9. The lowest BCUT2D eigenvalue weighted by atomic mass is 9.75. The summed E-state index contributed by atoms with van der Waals surface area (Å²) in [6.07, 6.45) is 0.633. The second-order valence-electron chi connectivity index (χ2n) is 8.26. The second-order valence-corrected chi connectivity index (χ2v) is 8.26. The molecule has 0 saturated heterocycles. The maximum Gasteiger partial charge on any atom is 0.335 e. The molecule has 0 radical (unpaired) electrons. The first-order valence-electron chi connectivity index (χ1n) is 10.1. The minimum Gasteiger partial charge on any atom is -0.493 e. The van der Waals surface area contributed by atoms with Crippen molar-refractivity contribution in [2.75, 3.05) is 27.9 Å². The first kappa shape index (κ1) is 19.6. The van der Waals surface area contributed by atoms with Gasteiger partial charge in [-0.15, -0.1) is 0 Å². The van der Waals surface area contributed by atoms with Crippen molar-refractivity contribution < 1.29 is 33.2 Å². The Kier molecular flexibility index (Phi) is 4.32. The van der Waals surface area contributed by atoms with E-state index in [1.165, 1.54) is 0 Å². The molecule has 31 heavy (non-hydrogen) atoms. The highest BCUT2D eigenvalue weighted by Gasteiger charge is 2.41. The number of esters is 1. The van der Waals surface area contributed by atoms with Crippen molar-refractivity contribution in [3.05, 3.63) is 52.1 Å². The highest BCUT2D eigenvalue weighted by Crippen LogP contribution is 2.51. The standard InChI is InChI=1S/C24H24O7/c1-24(2)30-16-7-12-6-14-11-29-23(25)21(14)20(15(12)10-17(16)31-24)13-8-18(26-3)22(28-5)19(9-13)27-4/h7-10,20H,6,11H2,1-5H3/t20-/m1/s1. The van der Waals surface area contributed by atoms with Gasteiger partial charge in [0.15, 0.2) is 23.0 Å². The zero-order valence-corrected chi connectivity index (χ0v) is 18.2. The minimum atomic E-state index is -0.733. The lowest BCUT2D eigenvalue weighted by Gasteiger charge is -2.27. The van der Waals surface area contributed by atoms with Gasteiger partial charge in [0, 0.05) is 19.8 Å². The van der Waals surface area contributed by atoms with Crippen LogP contribution in [0.4, 0.5) is 0 Å². The number of carbonyl (C=O) groups is 1. The number of benzene rings is 2. The molecule has 0 bridgehead atoms. The average Bonchev–Trinajstić information content (AvgIpc) is 3.26. The van der Waals surface area contributed by atoms with Crippen molar-refractivity contribution in [1.29, 1.82) is 0 Å². The highest BCUT2D eigenvalue weighted by molar-refractivity contribution is 5.95. The van der Waals surface area contributed by atoms with Crippen LogP contribution in [0, 0.1) is 0 Å². The summed E-state index contributed by atoms with van der Waals surface area (Å²) in [6, 6.07) is 7.75. The average molecular weight is 424 g/mol. The molecule has 3 aliphatic rings. The van der Waals surface area contributed by atoms with E-state index >= 15 is 0 Å². The number of hydrogen-bond acceptors (Lipinski definition) is 7. The predicted octanol–water partition coefficient (Wildman–Crippen LogP) is 3.76. The van der Waals surface area contributed by atoms with E-state index in [-0.39, 0.29) is 11.9 Å². The SMILES string of the molecule is COc1cc([C@H]2C3=C(COC3=O)Cc3cc4c(cc32)OC(C)(C)O4)cc(OC)c1OC. The van der Waals surface area contributed by atoms with Gasteiger partial charge in [0.05, 0.1) is 26.9 Å². The summed E-state index contributed by atoms with van der Waals surface area (Å²) in [5, 5.41) is 0. The molecule has 0 saturated carbocycles. The molecule has 0 N–H and O–H groups in total. The number of hydrogen-bond donors (Lipinski definition) is 0. The van der Waals surface area contributed by atoms with E-state index in [1.54, 1.807) is 21.3 Å². The molecule has 1 aliphatic carbocycles. The van der Waals surface area contributed by atoms with E-state index in [0.29, 0.717) is 47.3 Å². The van der Waals surface area contributed by atoms with Crippen LogP contribution in [0.3, 0.4) is 0 Å². The van der Waals surface area contributed by atoms with Gasteiger partial charge in [0.25, 0.3) is 0 Å². The molecule has 2 heterocycles. The molecule has 0 aromatic heterocycles. The normalized spacial score (nSPS) is 20.2. The van der Waals surface area contributed by atoms with Gasteiger partial charge in [-0.2, -0.15) is 0 Å². The number of methoxy groups -OCH3 is 3. The minimum absolute atomic E-state index is 0.294. The lowest BCUT2D eigenvalue weighted by Crippen LogP contribution is -2.29. The van der Waals surface area contributed by atoms with Crippen molar-refractivity contribution in [1.82, 2.24) is 0 Å². The lowest BCUT2D eigenvalue weighted by molar-refractivity contribution is -0.136. The summed E-state index contributed by atoms with van der Waals surface area (Å²) in [4.78, 5) is 12.7. The Hall–Kier alpha value is -3.35. The number of cyclic esters (lactones) is 1. The zero-order valence-electron chi connectivity index (χ0n) is 18.2. The molecular weight excluding hydrogens is 400 g/mol. The van der Waals surface area contributed by atoms with Crippen LogP contribution >= 0.6 is 0 Å². The van der Waals surface area contributed by atoms with Crippen molar-refractivity contribution in [2.24, 2.45) is 0 Å². The fraction of sp³-hybridized carbons (Fsp3) is 0.375. The molecule has 0 unspecified atom stereocenters. The second kappa shape index (κ2) is 6.83. The Labute approximate surface area is 180 Å². The summed E-state index contributed by atoms with van der Waals surface area (Å²) in [5.41, 5.74) is 4.55. The summed E-state index contributed by atoms with van der Waals surface area (Å²) < 4.78 is 33.9. The Morgan fingerprint density at radius 3 is 2.19 bits per heavy atom. The molecule has 162 valence electrons. The number of fused-ring (bicyclic) bond motifs is 2. The molecular formula is C24H24O7. The molecule has 2 aliphatic heterocycles. The maximum atomic E-state index is 12.7. The molecule has 7 heteroatoms. The van der Waals surface area contributed by atoms with Crippen LogP contribution in [0.1, 0.15) is 36.5 Å². The van der Waals surface area contributed by atoms with Gasteiger partial charge in [-0.3, -0.25) is 0 Å². The molecule has 0 amide bonds. The predicted molar refractivity (Wildman–Crippen MR) is 111 cm³/mol. The van der Waals surface area contributed by atoms with Gasteiger partial charge in [0.2, 0.25) is 11.5 Å². The van der Waals surface area contributed by atoms with Crippen molar-refractivity contribution in [3.8, 4) is 28.7 Å². The molecule has 0 fully saturated rings. The third kappa shape index (κ3) is 2.99. The Bertz CT molecular complexity index is 1100. The van der Waals surface area contributed by atoms with Crippen molar-refractivity contribution >= 4 is 5.97 Å². The van der Waals surface area contributed by atoms with Crippen LogP contribution in [-0.4, -0.2) is 39.7 Å². The number of rotatable bonds is 4. The first-order chi connectivity index (χ1) is 14.8. The molecule has 5 rings (SSSR count). The van der Waals surface area contributed by atoms with Gasteiger partial charge in [-0.05, 0) is 52.9 Å². The van der Waals surface area contributed by atoms with Gasteiger partial charge >= 0.3 is 5.97 Å². The number of ether oxygens (including phenoxy) is 6. The molecule has 2 aromatic rings. The molecule has 1 atom stereocenters. The quantitative estimate of drug-likeness (QED) is 0.692. The topological polar surface area (TPSA) is 72.5 Å². The van der Waals surface area contributed by atoms with Gasteiger partial charge < -0.3 is 28.4 Å². The van der Waals surface area contributed by atoms with E-state index in [0.717, 1.165) is 22.3 Å². The van der Waals surface area contributed by atoms with E-state index in [9.17, 15) is 4.79 Å². The van der Waals surface area contributed by atoms with Crippen LogP contribution in [0.5, 0.6) is 28.7 Å². The molecule has 0 spiro atoms. The van der Waals surface area contributed by atoms with Crippen molar-refractivity contribution in [3.63, 3.8) is 0 Å². The Morgan fingerprint density at radius 2 is 1.58 bits per heavy atom. The van der Waals surface area contributed by atoms with Crippen LogP contribution in [0.2, 0.25) is 0 Å². The van der Waals surface area contributed by atoms with E-state index in [1.807, 2.05) is 38.1 Å².